The summed E-state index contributed by atoms with van der Waals surface area (Å²) in [7, 11) is 0. The maximum atomic E-state index is 12.1. The van der Waals surface area contributed by atoms with Crippen molar-refractivity contribution in [1.82, 2.24) is 16.0 Å². The highest BCUT2D eigenvalue weighted by Crippen LogP contribution is 2.22. The largest absolute Gasteiger partial charge is 0.470 e. The van der Waals surface area contributed by atoms with Crippen LogP contribution in [0.2, 0.25) is 0 Å². The first-order valence-corrected chi connectivity index (χ1v) is 13.1. The third-order valence-electron chi connectivity index (χ3n) is 5.87. The molecule has 3 aromatic rings. The molecule has 0 heterocycles. The summed E-state index contributed by atoms with van der Waals surface area (Å²) in [6, 6.07) is 27.0. The molecule has 9 heteroatoms. The van der Waals surface area contributed by atoms with Crippen LogP contribution in [0.15, 0.2) is 91.0 Å². The van der Waals surface area contributed by atoms with Gasteiger partial charge in [-0.2, -0.15) is 0 Å². The van der Waals surface area contributed by atoms with E-state index >= 15 is 0 Å². The molecular weight excluding hydrogens is 498 g/mol. The number of unbranched alkanes of at least 4 members (excludes halogenated alkanes) is 1. The van der Waals surface area contributed by atoms with Crippen LogP contribution in [0.5, 0.6) is 17.2 Å². The number of hydrogen-bond donors (Lipinski definition) is 3. The molecule has 0 saturated carbocycles. The van der Waals surface area contributed by atoms with Crippen LogP contribution in [0.3, 0.4) is 0 Å². The van der Waals surface area contributed by atoms with Crippen LogP contribution in [0.1, 0.15) is 32.1 Å². The summed E-state index contributed by atoms with van der Waals surface area (Å²) in [5.74, 6) is 1.58. The number of nitrogens with one attached hydrogen (secondary N) is 3. The van der Waals surface area contributed by atoms with Crippen molar-refractivity contribution in [3.8, 4) is 17.2 Å². The Hall–Kier alpha value is -4.53. The van der Waals surface area contributed by atoms with Gasteiger partial charge in [-0.05, 0) is 62.1 Å². The highest BCUT2D eigenvalue weighted by atomic mass is 16.6. The van der Waals surface area contributed by atoms with Crippen molar-refractivity contribution in [2.45, 2.75) is 38.3 Å². The number of ether oxygens (including phenoxy) is 3. The minimum Gasteiger partial charge on any atom is -0.470 e. The third kappa shape index (κ3) is 11.6. The summed E-state index contributed by atoms with van der Waals surface area (Å²) in [4.78, 5) is 35.5. The first kappa shape index (κ1) is 29.0. The van der Waals surface area contributed by atoms with Gasteiger partial charge in [0.05, 0.1) is 0 Å². The molecule has 0 aliphatic rings. The van der Waals surface area contributed by atoms with Crippen LogP contribution in [-0.4, -0.2) is 37.9 Å². The van der Waals surface area contributed by atoms with Crippen molar-refractivity contribution in [3.63, 3.8) is 0 Å². The van der Waals surface area contributed by atoms with Gasteiger partial charge < -0.3 is 30.2 Å². The summed E-state index contributed by atoms with van der Waals surface area (Å²) in [5.41, 5.74) is 0. The van der Waals surface area contributed by atoms with E-state index in [1.807, 2.05) is 42.5 Å². The lowest BCUT2D eigenvalue weighted by Crippen LogP contribution is -2.41. The lowest BCUT2D eigenvalue weighted by molar-refractivity contribution is -0.112. The van der Waals surface area contributed by atoms with Gasteiger partial charge in [-0.3, -0.25) is 4.79 Å². The topological polar surface area (TPSA) is 115 Å². The summed E-state index contributed by atoms with van der Waals surface area (Å²) in [6.07, 6.45) is 2.67. The fourth-order valence-electron chi connectivity index (χ4n) is 3.97. The maximum Gasteiger partial charge on any atom is 0.412 e. The molecule has 0 fully saturated rings. The molecule has 0 bridgehead atoms. The zero-order chi connectivity index (χ0) is 27.5. The molecule has 3 aromatic carbocycles. The van der Waals surface area contributed by atoms with Crippen molar-refractivity contribution in [2.24, 2.45) is 5.92 Å². The number of carbonyl (C=O) groups excluding carboxylic acids is 3. The second-order valence-electron chi connectivity index (χ2n) is 8.79. The average Bonchev–Trinajstić information content (AvgIpc) is 2.95. The van der Waals surface area contributed by atoms with Crippen LogP contribution in [-0.2, 0) is 4.79 Å². The predicted molar refractivity (Wildman–Crippen MR) is 148 cm³/mol. The molecule has 206 valence electrons. The molecule has 0 saturated heterocycles. The molecule has 3 N–H and O–H groups in total. The summed E-state index contributed by atoms with van der Waals surface area (Å²) in [5, 5.41) is 8.32. The zero-order valence-corrected chi connectivity index (χ0v) is 21.8. The number of para-hydroxylation sites is 3. The van der Waals surface area contributed by atoms with Gasteiger partial charge in [0.15, 0.2) is 6.23 Å². The first-order valence-electron chi connectivity index (χ1n) is 13.1. The van der Waals surface area contributed by atoms with Crippen molar-refractivity contribution in [3.05, 3.63) is 91.0 Å². The van der Waals surface area contributed by atoms with Gasteiger partial charge in [-0.25, -0.2) is 9.59 Å². The van der Waals surface area contributed by atoms with Crippen molar-refractivity contribution < 1.29 is 28.6 Å². The maximum absolute atomic E-state index is 12.1. The van der Waals surface area contributed by atoms with E-state index in [4.69, 9.17) is 14.2 Å². The third-order valence-corrected chi connectivity index (χ3v) is 5.87. The van der Waals surface area contributed by atoms with E-state index in [2.05, 4.69) is 16.0 Å². The van der Waals surface area contributed by atoms with Crippen LogP contribution in [0, 0.1) is 5.92 Å². The minimum absolute atomic E-state index is 0.0291. The van der Waals surface area contributed by atoms with Gasteiger partial charge in [0.2, 0.25) is 6.41 Å². The molecule has 39 heavy (non-hydrogen) atoms. The molecule has 9 nitrogen and oxygen atoms in total. The SMILES string of the molecule is O=CNC(Oc1ccccc1)C(CCCCNC(=O)Oc1ccccc1)CCCNC(=O)Oc1ccccc1. The highest BCUT2D eigenvalue weighted by Gasteiger charge is 2.23. The van der Waals surface area contributed by atoms with Gasteiger partial charge in [-0.15, -0.1) is 0 Å². The van der Waals surface area contributed by atoms with Gasteiger partial charge in [0.1, 0.15) is 17.2 Å². The standard InChI is InChI=1S/C30H35N3O6/c34-23-33-28(37-25-15-4-1-5-16-25)24(14-12-22-32-30(36)39-27-19-8-3-9-20-27)13-10-11-21-31-29(35)38-26-17-6-2-7-18-26/h1-9,15-20,23-24,28H,10-14,21-22H2,(H,31,35)(H,32,36)(H,33,34). The van der Waals surface area contributed by atoms with Crippen LogP contribution < -0.4 is 30.2 Å². The average molecular weight is 534 g/mol. The molecule has 3 amide bonds. The quantitative estimate of drug-likeness (QED) is 0.131. The number of carbonyl (C=O) groups is 3. The molecule has 0 radical (unpaired) electrons. The Morgan fingerprint density at radius 1 is 0.641 bits per heavy atom. The Labute approximate surface area is 228 Å². The van der Waals surface area contributed by atoms with E-state index in [-0.39, 0.29) is 5.92 Å². The van der Waals surface area contributed by atoms with E-state index in [0.29, 0.717) is 49.6 Å². The second kappa shape index (κ2) is 17.1. The van der Waals surface area contributed by atoms with Crippen molar-refractivity contribution >= 4 is 18.6 Å². The Bertz CT molecular complexity index is 1120. The molecule has 0 aromatic heterocycles. The summed E-state index contributed by atoms with van der Waals surface area (Å²) in [6.45, 7) is 0.866. The number of benzene rings is 3. The number of amides is 3. The Kier molecular flexibility index (Phi) is 12.7. The van der Waals surface area contributed by atoms with E-state index < -0.39 is 18.4 Å². The second-order valence-corrected chi connectivity index (χ2v) is 8.79. The fraction of sp³-hybridized carbons (Fsp3) is 0.300. The Morgan fingerprint density at radius 3 is 1.62 bits per heavy atom. The lowest BCUT2D eigenvalue weighted by Gasteiger charge is -2.27. The summed E-state index contributed by atoms with van der Waals surface area (Å²) >= 11 is 0. The molecular formula is C30H35N3O6. The van der Waals surface area contributed by atoms with Crippen LogP contribution in [0.4, 0.5) is 9.59 Å². The normalized spacial score (nSPS) is 11.9. The lowest BCUT2D eigenvalue weighted by atomic mass is 9.94. The predicted octanol–water partition coefficient (Wildman–Crippen LogP) is 5.28. The number of hydrogen-bond acceptors (Lipinski definition) is 6. The fourth-order valence-corrected chi connectivity index (χ4v) is 3.97. The number of rotatable bonds is 16. The van der Waals surface area contributed by atoms with Crippen molar-refractivity contribution in [1.29, 1.82) is 0 Å². The Balaban J connectivity index is 1.47. The van der Waals surface area contributed by atoms with Crippen molar-refractivity contribution in [2.75, 3.05) is 13.1 Å². The highest BCUT2D eigenvalue weighted by molar-refractivity contribution is 5.70. The molecule has 2 unspecified atom stereocenters. The van der Waals surface area contributed by atoms with E-state index in [1.165, 1.54) is 0 Å². The molecule has 0 spiro atoms. The van der Waals surface area contributed by atoms with E-state index in [9.17, 15) is 14.4 Å². The van der Waals surface area contributed by atoms with Gasteiger partial charge in [0, 0.05) is 19.0 Å². The molecule has 3 rings (SSSR count). The van der Waals surface area contributed by atoms with Crippen LogP contribution in [0.25, 0.3) is 0 Å². The monoisotopic (exact) mass is 533 g/mol. The smallest absolute Gasteiger partial charge is 0.412 e. The molecule has 0 aliphatic carbocycles. The summed E-state index contributed by atoms with van der Waals surface area (Å²) < 4.78 is 16.6. The van der Waals surface area contributed by atoms with Gasteiger partial charge >= 0.3 is 12.2 Å². The minimum atomic E-state index is -0.544. The molecule has 0 aliphatic heterocycles. The first-order chi connectivity index (χ1) is 19.1. The van der Waals surface area contributed by atoms with Gasteiger partial charge in [-0.1, -0.05) is 61.0 Å². The zero-order valence-electron chi connectivity index (χ0n) is 21.8. The molecule has 2 atom stereocenters. The van der Waals surface area contributed by atoms with E-state index in [0.717, 1.165) is 19.3 Å². The van der Waals surface area contributed by atoms with Gasteiger partial charge in [0.25, 0.3) is 0 Å². The van der Waals surface area contributed by atoms with E-state index in [1.54, 1.807) is 48.5 Å². The Morgan fingerprint density at radius 2 is 1.10 bits per heavy atom. The van der Waals surface area contributed by atoms with Crippen LogP contribution >= 0.6 is 0 Å².